The lowest BCUT2D eigenvalue weighted by atomic mass is 10.1. The van der Waals surface area contributed by atoms with Crippen LogP contribution in [-0.2, 0) is 9.59 Å². The van der Waals surface area contributed by atoms with E-state index in [1.807, 2.05) is 36.9 Å². The van der Waals surface area contributed by atoms with Crippen LogP contribution in [-0.4, -0.2) is 59.3 Å². The number of benzene rings is 2. The molecule has 2 aromatic carbocycles. The molecule has 1 heterocycles. The summed E-state index contributed by atoms with van der Waals surface area (Å²) in [6.07, 6.45) is 2.84. The lowest BCUT2D eigenvalue weighted by Gasteiger charge is -2.33. The predicted molar refractivity (Wildman–Crippen MR) is 120 cm³/mol. The molecule has 0 atom stereocenters. The highest BCUT2D eigenvalue weighted by molar-refractivity contribution is 5.94. The first kappa shape index (κ1) is 22.2. The summed E-state index contributed by atoms with van der Waals surface area (Å²) in [6.45, 7) is 6.36. The number of nitro benzene ring substituents is 1. The third kappa shape index (κ3) is 5.76. The molecule has 1 aliphatic heterocycles. The second-order valence-electron chi connectivity index (χ2n) is 7.57. The van der Waals surface area contributed by atoms with Crippen molar-refractivity contribution >= 4 is 29.3 Å². The van der Waals surface area contributed by atoms with Gasteiger partial charge in [-0.1, -0.05) is 30.3 Å². The van der Waals surface area contributed by atoms with Crippen LogP contribution in [0.2, 0.25) is 0 Å². The second-order valence-corrected chi connectivity index (χ2v) is 7.57. The molecule has 8 heteroatoms. The van der Waals surface area contributed by atoms with Gasteiger partial charge in [-0.05, 0) is 37.1 Å². The molecule has 8 nitrogen and oxygen atoms in total. The number of carbonyl (C=O) groups is 2. The molecule has 0 bridgehead atoms. The van der Waals surface area contributed by atoms with E-state index in [0.717, 1.165) is 16.8 Å². The highest BCUT2D eigenvalue weighted by atomic mass is 16.6. The Morgan fingerprint density at radius 1 is 1.03 bits per heavy atom. The van der Waals surface area contributed by atoms with Gasteiger partial charge in [0.25, 0.3) is 5.69 Å². The van der Waals surface area contributed by atoms with Gasteiger partial charge in [0.15, 0.2) is 0 Å². The molecule has 1 saturated heterocycles. The lowest BCUT2D eigenvalue weighted by Crippen LogP contribution is -2.50. The number of amides is 2. The Balaban J connectivity index is 1.51. The third-order valence-corrected chi connectivity index (χ3v) is 5.34. The van der Waals surface area contributed by atoms with E-state index in [4.69, 9.17) is 0 Å². The summed E-state index contributed by atoms with van der Waals surface area (Å²) in [6, 6.07) is 12.2. The van der Waals surface area contributed by atoms with Gasteiger partial charge in [0.2, 0.25) is 11.8 Å². The number of para-hydroxylation sites is 2. The van der Waals surface area contributed by atoms with Gasteiger partial charge >= 0.3 is 0 Å². The quantitative estimate of drug-likeness (QED) is 0.439. The molecule has 0 radical (unpaired) electrons. The van der Waals surface area contributed by atoms with Gasteiger partial charge in [-0.25, -0.2) is 0 Å². The van der Waals surface area contributed by atoms with Gasteiger partial charge < -0.3 is 10.2 Å². The molecular weight excluding hydrogens is 396 g/mol. The molecule has 2 amide bonds. The smallest absolute Gasteiger partial charge is 0.276 e. The molecule has 0 aromatic heterocycles. The normalized spacial score (nSPS) is 14.6. The number of nitro groups is 1. The summed E-state index contributed by atoms with van der Waals surface area (Å²) in [5, 5.41) is 14.1. The van der Waals surface area contributed by atoms with Crippen LogP contribution in [0.5, 0.6) is 0 Å². The first-order valence-electron chi connectivity index (χ1n) is 10.1. The number of aryl methyl sites for hydroxylation is 2. The Kier molecular flexibility index (Phi) is 7.15. The average molecular weight is 422 g/mol. The average Bonchev–Trinajstić information content (AvgIpc) is 2.75. The summed E-state index contributed by atoms with van der Waals surface area (Å²) < 4.78 is 0. The van der Waals surface area contributed by atoms with Crippen LogP contribution in [0.4, 0.5) is 11.4 Å². The topological polar surface area (TPSA) is 95.8 Å². The van der Waals surface area contributed by atoms with Crippen molar-refractivity contribution in [3.05, 3.63) is 75.3 Å². The van der Waals surface area contributed by atoms with Crippen molar-refractivity contribution in [1.82, 2.24) is 9.80 Å². The van der Waals surface area contributed by atoms with E-state index in [1.54, 1.807) is 23.1 Å². The van der Waals surface area contributed by atoms with Crippen LogP contribution >= 0.6 is 0 Å². The molecule has 2 aromatic rings. The molecule has 3 rings (SSSR count). The fourth-order valence-electron chi connectivity index (χ4n) is 3.58. The van der Waals surface area contributed by atoms with Crippen molar-refractivity contribution in [3.63, 3.8) is 0 Å². The first-order valence-corrected chi connectivity index (χ1v) is 10.1. The molecule has 0 unspecified atom stereocenters. The fourth-order valence-corrected chi connectivity index (χ4v) is 3.58. The fraction of sp³-hybridized carbons (Fsp3) is 0.304. The summed E-state index contributed by atoms with van der Waals surface area (Å²) in [5.41, 5.74) is 3.25. The summed E-state index contributed by atoms with van der Waals surface area (Å²) in [7, 11) is 0. The minimum absolute atomic E-state index is 0.0359. The molecule has 1 fully saturated rings. The van der Waals surface area contributed by atoms with Crippen molar-refractivity contribution < 1.29 is 14.5 Å². The monoisotopic (exact) mass is 422 g/mol. The van der Waals surface area contributed by atoms with E-state index in [2.05, 4.69) is 5.32 Å². The largest absolute Gasteiger partial charge is 0.337 e. The molecule has 0 saturated carbocycles. The molecule has 1 N–H and O–H groups in total. The zero-order chi connectivity index (χ0) is 22.4. The van der Waals surface area contributed by atoms with Gasteiger partial charge in [-0.3, -0.25) is 24.6 Å². The van der Waals surface area contributed by atoms with Crippen LogP contribution in [0.3, 0.4) is 0 Å². The molecule has 162 valence electrons. The minimum Gasteiger partial charge on any atom is -0.337 e. The minimum atomic E-state index is -0.466. The summed E-state index contributed by atoms with van der Waals surface area (Å²) in [4.78, 5) is 39.2. The number of hydrogen-bond acceptors (Lipinski definition) is 5. The molecule has 31 heavy (non-hydrogen) atoms. The van der Waals surface area contributed by atoms with Crippen molar-refractivity contribution in [2.45, 2.75) is 13.8 Å². The molecule has 1 aliphatic rings. The Bertz CT molecular complexity index is 990. The highest BCUT2D eigenvalue weighted by Gasteiger charge is 2.22. The SMILES string of the molecule is Cc1cccc(C)c1NC(=O)CN1CCN(C(=O)/C=C/c2ccccc2[N+](=O)[O-])CC1. The number of carbonyl (C=O) groups excluding carboxylic acids is 2. The molecular formula is C23H26N4O4. The lowest BCUT2D eigenvalue weighted by molar-refractivity contribution is -0.385. The van der Waals surface area contributed by atoms with E-state index in [9.17, 15) is 19.7 Å². The van der Waals surface area contributed by atoms with Crippen LogP contribution in [0.15, 0.2) is 48.5 Å². The van der Waals surface area contributed by atoms with Gasteiger partial charge in [0, 0.05) is 44.0 Å². The van der Waals surface area contributed by atoms with Crippen molar-refractivity contribution in [2.75, 3.05) is 38.0 Å². The molecule has 0 aliphatic carbocycles. The Labute approximate surface area is 181 Å². The van der Waals surface area contributed by atoms with Crippen molar-refractivity contribution in [1.29, 1.82) is 0 Å². The zero-order valence-electron chi connectivity index (χ0n) is 17.7. The Hall–Kier alpha value is -3.52. The van der Waals surface area contributed by atoms with E-state index in [1.165, 1.54) is 18.2 Å². The van der Waals surface area contributed by atoms with Crippen molar-refractivity contribution in [3.8, 4) is 0 Å². The van der Waals surface area contributed by atoms with Gasteiger partial charge in [0.1, 0.15) is 0 Å². The van der Waals surface area contributed by atoms with Gasteiger partial charge in [0.05, 0.1) is 17.0 Å². The number of nitrogens with zero attached hydrogens (tertiary/aromatic N) is 3. The second kappa shape index (κ2) is 9.99. The van der Waals surface area contributed by atoms with Crippen LogP contribution < -0.4 is 5.32 Å². The third-order valence-electron chi connectivity index (χ3n) is 5.34. The maximum Gasteiger partial charge on any atom is 0.276 e. The van der Waals surface area contributed by atoms with Crippen LogP contribution in [0.1, 0.15) is 16.7 Å². The van der Waals surface area contributed by atoms with E-state index < -0.39 is 4.92 Å². The summed E-state index contributed by atoms with van der Waals surface area (Å²) in [5.74, 6) is -0.272. The van der Waals surface area contributed by atoms with Crippen LogP contribution in [0, 0.1) is 24.0 Å². The number of rotatable bonds is 6. The first-order chi connectivity index (χ1) is 14.8. The van der Waals surface area contributed by atoms with E-state index in [-0.39, 0.29) is 24.0 Å². The number of hydrogen-bond donors (Lipinski definition) is 1. The highest BCUT2D eigenvalue weighted by Crippen LogP contribution is 2.20. The standard InChI is InChI=1S/C23H26N4O4/c1-17-6-5-7-18(2)23(17)24-21(28)16-25-12-14-26(15-13-25)22(29)11-10-19-8-3-4-9-20(19)27(30)31/h3-11H,12-16H2,1-2H3,(H,24,28)/b11-10+. The number of piperazine rings is 1. The Morgan fingerprint density at radius 2 is 1.68 bits per heavy atom. The van der Waals surface area contributed by atoms with E-state index >= 15 is 0 Å². The van der Waals surface area contributed by atoms with Gasteiger partial charge in [-0.2, -0.15) is 0 Å². The molecule has 0 spiro atoms. The predicted octanol–water partition coefficient (Wildman–Crippen LogP) is 3.01. The van der Waals surface area contributed by atoms with Gasteiger partial charge in [-0.15, -0.1) is 0 Å². The zero-order valence-corrected chi connectivity index (χ0v) is 17.7. The maximum absolute atomic E-state index is 12.5. The van der Waals surface area contributed by atoms with E-state index in [0.29, 0.717) is 31.7 Å². The summed E-state index contributed by atoms with van der Waals surface area (Å²) >= 11 is 0. The maximum atomic E-state index is 12.5. The number of anilines is 1. The number of nitrogens with one attached hydrogen (secondary N) is 1. The van der Waals surface area contributed by atoms with Crippen molar-refractivity contribution in [2.24, 2.45) is 0 Å². The van der Waals surface area contributed by atoms with Crippen LogP contribution in [0.25, 0.3) is 6.08 Å². The Morgan fingerprint density at radius 3 is 2.32 bits per heavy atom.